The molecule has 0 unspecified atom stereocenters. The fourth-order valence-corrected chi connectivity index (χ4v) is 0.793. The van der Waals surface area contributed by atoms with E-state index >= 15 is 0 Å². The minimum atomic E-state index is -0.0481. The van der Waals surface area contributed by atoms with Crippen LogP contribution in [0.2, 0.25) is 0 Å². The summed E-state index contributed by atoms with van der Waals surface area (Å²) in [6, 6.07) is 0. The molecular weight excluding hydrogens is 166 g/mol. The van der Waals surface area contributed by atoms with E-state index in [0.29, 0.717) is 19.4 Å². The number of nitrogens with one attached hydrogen (secondary N) is 1. The predicted molar refractivity (Wildman–Crippen MR) is 52.4 cm³/mol. The largest absolute Gasteiger partial charge is 0.355 e. The topological polar surface area (TPSA) is 46.2 Å². The Balaban J connectivity index is 3.52. The van der Waals surface area contributed by atoms with Gasteiger partial charge in [-0.3, -0.25) is 9.59 Å². The first-order valence-corrected chi connectivity index (χ1v) is 4.49. The Morgan fingerprint density at radius 2 is 2.00 bits per heavy atom. The van der Waals surface area contributed by atoms with Gasteiger partial charge in [0.2, 0.25) is 5.91 Å². The van der Waals surface area contributed by atoms with Gasteiger partial charge in [0.25, 0.3) is 0 Å². The molecule has 0 aliphatic heterocycles. The van der Waals surface area contributed by atoms with Crippen LogP contribution < -0.4 is 5.32 Å². The first-order chi connectivity index (χ1) is 6.06. The van der Waals surface area contributed by atoms with Gasteiger partial charge >= 0.3 is 0 Å². The van der Waals surface area contributed by atoms with Crippen molar-refractivity contribution < 1.29 is 9.59 Å². The van der Waals surface area contributed by atoms with E-state index < -0.39 is 0 Å². The number of hydrogen-bond acceptors (Lipinski definition) is 2. The highest BCUT2D eigenvalue weighted by Crippen LogP contribution is 2.01. The zero-order chi connectivity index (χ0) is 10.3. The van der Waals surface area contributed by atoms with Crippen LogP contribution in [0.3, 0.4) is 0 Å². The van der Waals surface area contributed by atoms with Crippen LogP contribution in [0.5, 0.6) is 0 Å². The number of amides is 1. The zero-order valence-corrected chi connectivity index (χ0v) is 8.35. The van der Waals surface area contributed by atoms with Gasteiger partial charge in [-0.05, 0) is 13.3 Å². The van der Waals surface area contributed by atoms with Gasteiger partial charge in [-0.25, -0.2) is 0 Å². The Hall–Kier alpha value is -1.12. The number of carbonyl (C=O) groups is 2. The van der Waals surface area contributed by atoms with Crippen molar-refractivity contribution in [1.29, 1.82) is 0 Å². The molecule has 0 aliphatic rings. The van der Waals surface area contributed by atoms with Crippen LogP contribution in [0.1, 0.15) is 33.1 Å². The van der Waals surface area contributed by atoms with E-state index in [4.69, 9.17) is 0 Å². The van der Waals surface area contributed by atoms with Gasteiger partial charge in [0.15, 0.2) is 0 Å². The second kappa shape index (κ2) is 6.40. The van der Waals surface area contributed by atoms with Crippen molar-refractivity contribution in [3.8, 4) is 0 Å². The molecule has 3 nitrogen and oxygen atoms in total. The summed E-state index contributed by atoms with van der Waals surface area (Å²) in [5, 5.41) is 2.66. The van der Waals surface area contributed by atoms with Crippen molar-refractivity contribution >= 4 is 11.7 Å². The summed E-state index contributed by atoms with van der Waals surface area (Å²) in [6.45, 7) is 7.64. The summed E-state index contributed by atoms with van der Waals surface area (Å²) in [4.78, 5) is 21.6. The predicted octanol–water partition coefficient (Wildman–Crippen LogP) is 1.44. The third kappa shape index (κ3) is 7.25. The fraction of sp³-hybridized carbons (Fsp3) is 0.600. The standard InChI is InChI=1S/C10H17NO2/c1-4-8(2)7-10(13)11-6-5-9(3)12/h2,4-7H2,1,3H3,(H,11,13). The Kier molecular flexibility index (Phi) is 5.85. The van der Waals surface area contributed by atoms with Crippen LogP contribution in [0.4, 0.5) is 0 Å². The van der Waals surface area contributed by atoms with Gasteiger partial charge in [0.1, 0.15) is 5.78 Å². The molecule has 74 valence electrons. The molecule has 0 saturated heterocycles. The lowest BCUT2D eigenvalue weighted by Crippen LogP contribution is -2.25. The Morgan fingerprint density at radius 1 is 1.38 bits per heavy atom. The zero-order valence-electron chi connectivity index (χ0n) is 8.35. The number of hydrogen-bond donors (Lipinski definition) is 1. The smallest absolute Gasteiger partial charge is 0.224 e. The Labute approximate surface area is 79.2 Å². The number of Topliss-reactive ketones (excluding diaryl/α,β-unsaturated/α-hetero) is 1. The molecule has 0 saturated carbocycles. The summed E-state index contributed by atoms with van der Waals surface area (Å²) in [5.74, 6) is 0.0442. The lowest BCUT2D eigenvalue weighted by molar-refractivity contribution is -0.120. The molecule has 0 rings (SSSR count). The molecule has 0 aromatic heterocycles. The van der Waals surface area contributed by atoms with Gasteiger partial charge in [0.05, 0.1) is 0 Å². The molecule has 0 atom stereocenters. The summed E-state index contributed by atoms with van der Waals surface area (Å²) < 4.78 is 0. The van der Waals surface area contributed by atoms with Crippen molar-refractivity contribution in [1.82, 2.24) is 5.32 Å². The molecule has 0 aromatic carbocycles. The van der Waals surface area contributed by atoms with Crippen molar-refractivity contribution in [2.24, 2.45) is 0 Å². The summed E-state index contributed by atoms with van der Waals surface area (Å²) in [6.07, 6.45) is 1.60. The molecule has 13 heavy (non-hydrogen) atoms. The molecule has 0 spiro atoms. The van der Waals surface area contributed by atoms with Gasteiger partial charge in [-0.2, -0.15) is 0 Å². The highest BCUT2D eigenvalue weighted by Gasteiger charge is 2.02. The monoisotopic (exact) mass is 183 g/mol. The molecule has 0 aromatic rings. The van der Waals surface area contributed by atoms with E-state index in [9.17, 15) is 9.59 Å². The maximum atomic E-state index is 11.1. The summed E-state index contributed by atoms with van der Waals surface area (Å²) in [7, 11) is 0. The van der Waals surface area contributed by atoms with Crippen LogP contribution in [0.25, 0.3) is 0 Å². The van der Waals surface area contributed by atoms with Gasteiger partial charge in [-0.1, -0.05) is 19.1 Å². The first kappa shape index (κ1) is 11.9. The van der Waals surface area contributed by atoms with Crippen LogP contribution in [-0.4, -0.2) is 18.2 Å². The number of rotatable bonds is 6. The molecule has 1 N–H and O–H groups in total. The van der Waals surface area contributed by atoms with E-state index in [1.807, 2.05) is 6.92 Å². The van der Waals surface area contributed by atoms with E-state index in [2.05, 4.69) is 11.9 Å². The van der Waals surface area contributed by atoms with E-state index in [-0.39, 0.29) is 11.7 Å². The van der Waals surface area contributed by atoms with E-state index in [0.717, 1.165) is 12.0 Å². The molecular formula is C10H17NO2. The maximum Gasteiger partial charge on any atom is 0.224 e. The highest BCUT2D eigenvalue weighted by molar-refractivity contribution is 5.80. The van der Waals surface area contributed by atoms with E-state index in [1.54, 1.807) is 0 Å². The van der Waals surface area contributed by atoms with Crippen LogP contribution >= 0.6 is 0 Å². The van der Waals surface area contributed by atoms with Gasteiger partial charge < -0.3 is 5.32 Å². The fourth-order valence-electron chi connectivity index (χ4n) is 0.793. The molecule has 0 heterocycles. The van der Waals surface area contributed by atoms with Crippen molar-refractivity contribution in [2.45, 2.75) is 33.1 Å². The normalized spacial score (nSPS) is 9.38. The SMILES string of the molecule is C=C(CC)CC(=O)NCCC(C)=O. The van der Waals surface area contributed by atoms with Crippen molar-refractivity contribution in [2.75, 3.05) is 6.54 Å². The van der Waals surface area contributed by atoms with Crippen LogP contribution in [0, 0.1) is 0 Å². The van der Waals surface area contributed by atoms with Crippen molar-refractivity contribution in [3.05, 3.63) is 12.2 Å². The number of ketones is 1. The highest BCUT2D eigenvalue weighted by atomic mass is 16.1. The van der Waals surface area contributed by atoms with Gasteiger partial charge in [0, 0.05) is 19.4 Å². The minimum absolute atomic E-state index is 0.0481. The molecule has 1 amide bonds. The average Bonchev–Trinajstić information content (AvgIpc) is 2.03. The third-order valence-electron chi connectivity index (χ3n) is 1.71. The lowest BCUT2D eigenvalue weighted by atomic mass is 10.1. The minimum Gasteiger partial charge on any atom is -0.355 e. The second-order valence-corrected chi connectivity index (χ2v) is 3.08. The average molecular weight is 183 g/mol. The first-order valence-electron chi connectivity index (χ1n) is 4.49. The molecule has 0 radical (unpaired) electrons. The number of carbonyl (C=O) groups excluding carboxylic acids is 2. The summed E-state index contributed by atoms with van der Waals surface area (Å²) in [5.41, 5.74) is 0.917. The van der Waals surface area contributed by atoms with Crippen molar-refractivity contribution in [3.63, 3.8) is 0 Å². The molecule has 0 aliphatic carbocycles. The summed E-state index contributed by atoms with van der Waals surface area (Å²) >= 11 is 0. The Morgan fingerprint density at radius 3 is 2.46 bits per heavy atom. The van der Waals surface area contributed by atoms with Gasteiger partial charge in [-0.15, -0.1) is 0 Å². The third-order valence-corrected chi connectivity index (χ3v) is 1.71. The van der Waals surface area contributed by atoms with E-state index in [1.165, 1.54) is 6.92 Å². The molecule has 0 bridgehead atoms. The Bertz CT molecular complexity index is 209. The second-order valence-electron chi connectivity index (χ2n) is 3.08. The lowest BCUT2D eigenvalue weighted by Gasteiger charge is -2.04. The quantitative estimate of drug-likeness (QED) is 0.633. The molecule has 0 fully saturated rings. The maximum absolute atomic E-state index is 11.1. The molecule has 3 heteroatoms. The van der Waals surface area contributed by atoms with Crippen LogP contribution in [0.15, 0.2) is 12.2 Å². The van der Waals surface area contributed by atoms with Crippen LogP contribution in [-0.2, 0) is 9.59 Å².